The minimum absolute atomic E-state index is 0.169. The number of hydrogen-bond acceptors (Lipinski definition) is 4. The molecule has 0 fully saturated rings. The van der Waals surface area contributed by atoms with E-state index in [0.717, 1.165) is 11.4 Å². The van der Waals surface area contributed by atoms with Gasteiger partial charge in [0.1, 0.15) is 6.29 Å². The molecular formula is C21H21NO3. The van der Waals surface area contributed by atoms with Gasteiger partial charge in [0, 0.05) is 35.0 Å². The quantitative estimate of drug-likeness (QED) is 0.627. The molecule has 0 unspecified atom stereocenters. The number of allylic oxidation sites excluding steroid dienone is 7. The van der Waals surface area contributed by atoms with Gasteiger partial charge >= 0.3 is 0 Å². The molecule has 3 rings (SSSR count). The third-order valence-corrected chi connectivity index (χ3v) is 4.82. The molecule has 0 spiro atoms. The highest BCUT2D eigenvalue weighted by molar-refractivity contribution is 6.12. The Hall–Kier alpha value is -2.88. The van der Waals surface area contributed by atoms with E-state index in [1.54, 1.807) is 12.2 Å². The number of anilines is 1. The van der Waals surface area contributed by atoms with Crippen LogP contribution in [0.3, 0.4) is 0 Å². The number of fused-ring (bicyclic) bond motifs is 1. The smallest absolute Gasteiger partial charge is 0.227 e. The highest BCUT2D eigenvalue weighted by atomic mass is 16.5. The lowest BCUT2D eigenvalue weighted by molar-refractivity contribution is -0.114. The van der Waals surface area contributed by atoms with E-state index in [-0.39, 0.29) is 17.0 Å². The van der Waals surface area contributed by atoms with Gasteiger partial charge in [0.25, 0.3) is 0 Å². The zero-order valence-corrected chi connectivity index (χ0v) is 14.9. The van der Waals surface area contributed by atoms with Gasteiger partial charge in [-0.1, -0.05) is 32.0 Å². The molecule has 1 aromatic rings. The Labute approximate surface area is 147 Å². The van der Waals surface area contributed by atoms with Gasteiger partial charge in [-0.3, -0.25) is 9.59 Å². The molecule has 128 valence electrons. The molecule has 0 bridgehead atoms. The summed E-state index contributed by atoms with van der Waals surface area (Å²) in [6.45, 7) is 4.32. The van der Waals surface area contributed by atoms with Crippen LogP contribution in [-0.2, 0) is 19.7 Å². The fraction of sp³-hybridized carbons (Fsp3) is 0.238. The van der Waals surface area contributed by atoms with Gasteiger partial charge in [-0.15, -0.1) is 0 Å². The van der Waals surface area contributed by atoms with E-state index in [9.17, 15) is 9.59 Å². The van der Waals surface area contributed by atoms with Crippen molar-refractivity contribution >= 4 is 17.8 Å². The largest absolute Gasteiger partial charge is 0.493 e. The molecule has 2 aliphatic rings. The number of Topliss-reactive ketones (excluding diaryl/α,β-unsaturated/α-hetero) is 1. The molecule has 0 saturated heterocycles. The van der Waals surface area contributed by atoms with Gasteiger partial charge in [-0.05, 0) is 35.9 Å². The van der Waals surface area contributed by atoms with Crippen LogP contribution in [0.4, 0.5) is 5.69 Å². The van der Waals surface area contributed by atoms with E-state index in [1.807, 2.05) is 25.3 Å². The summed E-state index contributed by atoms with van der Waals surface area (Å²) in [6.07, 6.45) is 7.47. The summed E-state index contributed by atoms with van der Waals surface area (Å²) in [5.41, 5.74) is 4.19. The lowest BCUT2D eigenvalue weighted by atomic mass is 9.83. The molecule has 25 heavy (non-hydrogen) atoms. The Morgan fingerprint density at radius 3 is 2.48 bits per heavy atom. The third-order valence-electron chi connectivity index (χ3n) is 4.82. The van der Waals surface area contributed by atoms with Crippen molar-refractivity contribution in [2.75, 3.05) is 19.1 Å². The Balaban J connectivity index is 2.03. The number of ketones is 1. The first-order chi connectivity index (χ1) is 11.9. The Bertz CT molecular complexity index is 869. The van der Waals surface area contributed by atoms with E-state index in [0.29, 0.717) is 17.4 Å². The average molecular weight is 335 g/mol. The predicted molar refractivity (Wildman–Crippen MR) is 98.3 cm³/mol. The minimum atomic E-state index is -0.221. The molecule has 0 aromatic heterocycles. The lowest BCUT2D eigenvalue weighted by Gasteiger charge is -2.24. The second-order valence-corrected chi connectivity index (χ2v) is 6.68. The number of methoxy groups -OCH3 is 1. The number of aldehydes is 1. The zero-order chi connectivity index (χ0) is 18.2. The first-order valence-corrected chi connectivity index (χ1v) is 8.13. The monoisotopic (exact) mass is 335 g/mol. The number of para-hydroxylation sites is 1. The van der Waals surface area contributed by atoms with E-state index in [1.165, 1.54) is 18.7 Å². The van der Waals surface area contributed by atoms with Gasteiger partial charge in [0.05, 0.1) is 7.11 Å². The van der Waals surface area contributed by atoms with Crippen LogP contribution in [0.25, 0.3) is 0 Å². The highest BCUT2D eigenvalue weighted by Crippen LogP contribution is 2.46. The molecule has 1 aliphatic heterocycles. The standard InChI is InChI=1S/C21H21NO3/c1-21(2)16-7-5-6-8-17(16)22(3)19(21)10-9-15-11-14(13-23)12-18(25-4)20(15)24/h5-13H,1-4H3. The van der Waals surface area contributed by atoms with Crippen LogP contribution in [-0.4, -0.2) is 26.2 Å². The molecule has 4 nitrogen and oxygen atoms in total. The molecule has 0 atom stereocenters. The zero-order valence-electron chi connectivity index (χ0n) is 14.9. The second kappa shape index (κ2) is 6.20. The van der Waals surface area contributed by atoms with E-state index in [2.05, 4.69) is 30.9 Å². The molecule has 0 N–H and O–H groups in total. The van der Waals surface area contributed by atoms with E-state index >= 15 is 0 Å². The first kappa shape index (κ1) is 17.0. The lowest BCUT2D eigenvalue weighted by Crippen LogP contribution is -2.22. The molecule has 1 aliphatic carbocycles. The highest BCUT2D eigenvalue weighted by Gasteiger charge is 2.37. The van der Waals surface area contributed by atoms with Crippen molar-refractivity contribution in [2.24, 2.45) is 0 Å². The molecule has 1 aromatic carbocycles. The Morgan fingerprint density at radius 1 is 1.12 bits per heavy atom. The average Bonchev–Trinajstić information content (AvgIpc) is 2.81. The minimum Gasteiger partial charge on any atom is -0.493 e. The molecule has 0 amide bonds. The molecular weight excluding hydrogens is 314 g/mol. The summed E-state index contributed by atoms with van der Waals surface area (Å²) < 4.78 is 5.09. The van der Waals surface area contributed by atoms with Gasteiger partial charge in [-0.2, -0.15) is 0 Å². The normalized spacial score (nSPS) is 21.9. The predicted octanol–water partition coefficient (Wildman–Crippen LogP) is 3.46. The van der Waals surface area contributed by atoms with Crippen LogP contribution in [0.1, 0.15) is 19.4 Å². The van der Waals surface area contributed by atoms with Crippen molar-refractivity contribution in [3.63, 3.8) is 0 Å². The van der Waals surface area contributed by atoms with Gasteiger partial charge < -0.3 is 9.64 Å². The van der Waals surface area contributed by atoms with Crippen molar-refractivity contribution in [1.82, 2.24) is 0 Å². The van der Waals surface area contributed by atoms with Gasteiger partial charge in [0.2, 0.25) is 5.78 Å². The summed E-state index contributed by atoms with van der Waals surface area (Å²) in [5.74, 6) is -0.0440. The number of likely N-dealkylation sites (N-methyl/N-ethyl adjacent to an activating group) is 1. The van der Waals surface area contributed by atoms with Crippen LogP contribution in [0, 0.1) is 0 Å². The number of carbonyl (C=O) groups is 2. The van der Waals surface area contributed by atoms with Crippen molar-refractivity contribution < 1.29 is 14.3 Å². The summed E-state index contributed by atoms with van der Waals surface area (Å²) in [6, 6.07) is 8.27. The molecule has 4 heteroatoms. The summed E-state index contributed by atoms with van der Waals surface area (Å²) in [5, 5.41) is 0. The summed E-state index contributed by atoms with van der Waals surface area (Å²) in [4.78, 5) is 25.7. The fourth-order valence-corrected chi connectivity index (χ4v) is 3.46. The second-order valence-electron chi connectivity index (χ2n) is 6.68. The number of rotatable bonds is 3. The van der Waals surface area contributed by atoms with Crippen LogP contribution in [0.2, 0.25) is 0 Å². The maximum atomic E-state index is 12.4. The van der Waals surface area contributed by atoms with Gasteiger partial charge in [0.15, 0.2) is 5.76 Å². The number of benzene rings is 1. The Morgan fingerprint density at radius 2 is 1.84 bits per heavy atom. The van der Waals surface area contributed by atoms with E-state index in [4.69, 9.17) is 4.74 Å². The van der Waals surface area contributed by atoms with Gasteiger partial charge in [-0.25, -0.2) is 0 Å². The van der Waals surface area contributed by atoms with Crippen molar-refractivity contribution in [3.8, 4) is 0 Å². The summed E-state index contributed by atoms with van der Waals surface area (Å²) >= 11 is 0. The van der Waals surface area contributed by atoms with E-state index < -0.39 is 0 Å². The van der Waals surface area contributed by atoms with Crippen LogP contribution >= 0.6 is 0 Å². The van der Waals surface area contributed by atoms with Crippen molar-refractivity contribution in [1.29, 1.82) is 0 Å². The Kier molecular flexibility index (Phi) is 4.21. The SMILES string of the molecule is COC1=CC(C=O)=CC(=CC=C2N(C)c3ccccc3C2(C)C)C1=O. The van der Waals surface area contributed by atoms with Crippen LogP contribution in [0.15, 0.2) is 71.2 Å². The molecule has 1 heterocycles. The van der Waals surface area contributed by atoms with Crippen LogP contribution < -0.4 is 4.90 Å². The number of nitrogens with zero attached hydrogens (tertiary/aromatic N) is 1. The van der Waals surface area contributed by atoms with Crippen molar-refractivity contribution in [3.05, 3.63) is 76.7 Å². The van der Waals surface area contributed by atoms with Crippen LogP contribution in [0.5, 0.6) is 0 Å². The number of ether oxygens (including phenoxy) is 1. The van der Waals surface area contributed by atoms with Crippen molar-refractivity contribution in [2.45, 2.75) is 19.3 Å². The molecule has 0 radical (unpaired) electrons. The number of hydrogen-bond donors (Lipinski definition) is 0. The topological polar surface area (TPSA) is 46.6 Å². The molecule has 0 saturated carbocycles. The summed E-state index contributed by atoms with van der Waals surface area (Å²) in [7, 11) is 3.45. The maximum Gasteiger partial charge on any atom is 0.227 e. The number of carbonyl (C=O) groups excluding carboxylic acids is 2. The maximum absolute atomic E-state index is 12.4. The fourth-order valence-electron chi connectivity index (χ4n) is 3.46. The third kappa shape index (κ3) is 2.74. The first-order valence-electron chi connectivity index (χ1n) is 8.13.